The van der Waals surface area contributed by atoms with Crippen molar-refractivity contribution in [2.24, 2.45) is 17.8 Å². The fourth-order valence-corrected chi connectivity index (χ4v) is 3.48. The summed E-state index contributed by atoms with van der Waals surface area (Å²) in [5, 5.41) is 4.32. The van der Waals surface area contributed by atoms with Crippen LogP contribution in [0.4, 0.5) is 4.79 Å². The maximum atomic E-state index is 12.1. The molecule has 3 unspecified atom stereocenters. The van der Waals surface area contributed by atoms with Crippen LogP contribution in [-0.2, 0) is 19.6 Å². The Bertz CT molecular complexity index is 672. The summed E-state index contributed by atoms with van der Waals surface area (Å²) in [7, 11) is 2.89. The van der Waals surface area contributed by atoms with Crippen LogP contribution in [0.3, 0.4) is 0 Å². The van der Waals surface area contributed by atoms with E-state index in [4.69, 9.17) is 14.2 Å². The summed E-state index contributed by atoms with van der Waals surface area (Å²) in [4.78, 5) is 33.0. The predicted octanol–water partition coefficient (Wildman–Crippen LogP) is 4.32. The molecule has 28 heavy (non-hydrogen) atoms. The van der Waals surface area contributed by atoms with Crippen LogP contribution in [0, 0.1) is 17.8 Å². The minimum atomic E-state index is -1.04. The van der Waals surface area contributed by atoms with E-state index in [9.17, 15) is 9.59 Å². The Hall–Kier alpha value is -2.48. The van der Waals surface area contributed by atoms with E-state index in [1.54, 1.807) is 6.07 Å². The van der Waals surface area contributed by atoms with Crippen LogP contribution in [0.1, 0.15) is 50.4 Å². The van der Waals surface area contributed by atoms with Crippen molar-refractivity contribution >= 4 is 12.1 Å². The number of benzene rings is 1. The third-order valence-electron chi connectivity index (χ3n) is 5.05. The summed E-state index contributed by atoms with van der Waals surface area (Å²) < 4.78 is 15.6. The first-order valence-electron chi connectivity index (χ1n) is 9.33. The Kier molecular flexibility index (Phi) is 7.92. The lowest BCUT2D eigenvalue weighted by Gasteiger charge is -2.36. The van der Waals surface area contributed by atoms with Gasteiger partial charge in [0.05, 0.1) is 19.3 Å². The number of hydrogen-bond donors (Lipinski definition) is 0. The zero-order chi connectivity index (χ0) is 20.7. The second-order valence-corrected chi connectivity index (χ2v) is 7.32. The van der Waals surface area contributed by atoms with Gasteiger partial charge in [0.2, 0.25) is 0 Å². The van der Waals surface area contributed by atoms with Crippen molar-refractivity contribution in [1.29, 1.82) is 0 Å². The van der Waals surface area contributed by atoms with Gasteiger partial charge in [0.1, 0.15) is 23.2 Å². The number of carbonyl (C=O) groups is 2. The van der Waals surface area contributed by atoms with Gasteiger partial charge in [-0.25, -0.2) is 14.5 Å². The van der Waals surface area contributed by atoms with Crippen molar-refractivity contribution in [3.8, 4) is 11.5 Å². The molecule has 0 aliphatic heterocycles. The monoisotopic (exact) mass is 396 g/mol. The molecular weight excluding hydrogens is 368 g/mol. The van der Waals surface area contributed by atoms with Gasteiger partial charge in [0, 0.05) is 6.07 Å². The molecule has 3 atom stereocenters. The molecule has 1 aliphatic carbocycles. The summed E-state index contributed by atoms with van der Waals surface area (Å²) in [5.41, 5.74) is 0.0845. The van der Waals surface area contributed by atoms with E-state index in [-0.39, 0.29) is 23.3 Å². The van der Waals surface area contributed by atoms with Crippen molar-refractivity contribution in [2.45, 2.75) is 46.1 Å². The Morgan fingerprint density at radius 1 is 1.07 bits per heavy atom. The van der Waals surface area contributed by atoms with Gasteiger partial charge in [-0.15, -0.1) is 0 Å². The molecule has 0 radical (unpaired) electrons. The smallest absolute Gasteiger partial charge is 0.497 e. The van der Waals surface area contributed by atoms with Crippen LogP contribution in [0.25, 0.3) is 0 Å². The molecule has 0 saturated heterocycles. The average Bonchev–Trinajstić information content (AvgIpc) is 2.67. The molecule has 8 nitrogen and oxygen atoms in total. The predicted molar refractivity (Wildman–Crippen MR) is 98.7 cm³/mol. The van der Waals surface area contributed by atoms with Gasteiger partial charge in [-0.05, 0) is 42.7 Å². The van der Waals surface area contributed by atoms with Gasteiger partial charge in [-0.1, -0.05) is 27.2 Å². The fraction of sp³-hybridized carbons (Fsp3) is 0.600. The summed E-state index contributed by atoms with van der Waals surface area (Å²) in [6, 6.07) is 4.52. The third kappa shape index (κ3) is 5.76. The Morgan fingerprint density at radius 3 is 2.46 bits per heavy atom. The Balaban J connectivity index is 1.85. The van der Waals surface area contributed by atoms with E-state index in [1.807, 2.05) is 0 Å². The number of methoxy groups -OCH3 is 2. The minimum Gasteiger partial charge on any atom is -0.497 e. The van der Waals surface area contributed by atoms with Crippen LogP contribution >= 0.6 is 0 Å². The van der Waals surface area contributed by atoms with Crippen molar-refractivity contribution in [3.63, 3.8) is 0 Å². The molecule has 0 aromatic heterocycles. The van der Waals surface area contributed by atoms with Gasteiger partial charge in [0.15, 0.2) is 0 Å². The molecule has 0 spiro atoms. The van der Waals surface area contributed by atoms with Gasteiger partial charge >= 0.3 is 12.1 Å². The number of carbonyl (C=O) groups excluding carboxylic acids is 2. The summed E-state index contributed by atoms with van der Waals surface area (Å²) >= 11 is 0. The third-order valence-corrected chi connectivity index (χ3v) is 5.05. The SMILES string of the molecule is COc1ccc(C(=O)OOOC(=O)OC2CC(C)CCC2C(C)C)c(OC)c1. The molecule has 1 aliphatic rings. The van der Waals surface area contributed by atoms with Gasteiger partial charge in [-0.3, -0.25) is 4.89 Å². The van der Waals surface area contributed by atoms with E-state index in [0.29, 0.717) is 17.6 Å². The molecule has 1 aromatic rings. The van der Waals surface area contributed by atoms with Crippen LogP contribution in [0.15, 0.2) is 18.2 Å². The minimum absolute atomic E-state index is 0.0845. The van der Waals surface area contributed by atoms with Crippen molar-refractivity contribution in [2.75, 3.05) is 14.2 Å². The topological polar surface area (TPSA) is 89.5 Å². The van der Waals surface area contributed by atoms with Gasteiger partial charge < -0.3 is 14.2 Å². The highest BCUT2D eigenvalue weighted by Gasteiger charge is 2.34. The Morgan fingerprint density at radius 2 is 1.82 bits per heavy atom. The summed E-state index contributed by atoms with van der Waals surface area (Å²) in [6.45, 7) is 6.32. The van der Waals surface area contributed by atoms with E-state index in [2.05, 4.69) is 35.6 Å². The largest absolute Gasteiger partial charge is 0.543 e. The molecule has 1 saturated carbocycles. The van der Waals surface area contributed by atoms with Crippen molar-refractivity contribution in [3.05, 3.63) is 23.8 Å². The quantitative estimate of drug-likeness (QED) is 0.382. The maximum absolute atomic E-state index is 12.1. The number of hydrogen-bond acceptors (Lipinski definition) is 8. The second kappa shape index (κ2) is 10.2. The molecular formula is C20H28O8. The highest BCUT2D eigenvalue weighted by Crippen LogP contribution is 2.35. The first-order valence-corrected chi connectivity index (χ1v) is 9.33. The van der Waals surface area contributed by atoms with Crippen molar-refractivity contribution in [1.82, 2.24) is 0 Å². The normalized spacial score (nSPS) is 21.7. The standard InChI is InChI=1S/C20H28O8/c1-12(2)15-8-6-13(3)10-18(15)25-20(22)27-28-26-19(21)16-9-7-14(23-4)11-17(16)24-5/h7,9,11-13,15,18H,6,8,10H2,1-5H3. The van der Waals surface area contributed by atoms with Gasteiger partial charge in [0.25, 0.3) is 0 Å². The van der Waals surface area contributed by atoms with E-state index < -0.39 is 12.1 Å². The van der Waals surface area contributed by atoms with Crippen LogP contribution < -0.4 is 9.47 Å². The fourth-order valence-electron chi connectivity index (χ4n) is 3.48. The average molecular weight is 396 g/mol. The Labute approximate surface area is 164 Å². The molecule has 1 fully saturated rings. The van der Waals surface area contributed by atoms with Gasteiger partial charge in [-0.2, -0.15) is 0 Å². The van der Waals surface area contributed by atoms with Crippen LogP contribution in [0.5, 0.6) is 11.5 Å². The molecule has 156 valence electrons. The highest BCUT2D eigenvalue weighted by molar-refractivity contribution is 5.92. The lowest BCUT2D eigenvalue weighted by Crippen LogP contribution is -2.36. The second-order valence-electron chi connectivity index (χ2n) is 7.32. The molecule has 8 heteroatoms. The van der Waals surface area contributed by atoms with Crippen LogP contribution in [-0.4, -0.2) is 32.4 Å². The van der Waals surface area contributed by atoms with E-state index in [0.717, 1.165) is 19.3 Å². The van der Waals surface area contributed by atoms with E-state index in [1.165, 1.54) is 26.4 Å². The first-order chi connectivity index (χ1) is 13.3. The van der Waals surface area contributed by atoms with Crippen molar-refractivity contribution < 1.29 is 38.6 Å². The molecule has 2 rings (SSSR count). The summed E-state index contributed by atoms with van der Waals surface area (Å²) in [6.07, 6.45) is 1.57. The highest BCUT2D eigenvalue weighted by atomic mass is 17.5. The first kappa shape index (κ1) is 21.8. The summed E-state index contributed by atoms with van der Waals surface area (Å²) in [5.74, 6) is 0.955. The molecule has 0 N–H and O–H groups in total. The number of rotatable bonds is 7. The molecule has 0 bridgehead atoms. The lowest BCUT2D eigenvalue weighted by molar-refractivity contribution is -0.453. The van der Waals surface area contributed by atoms with Crippen LogP contribution in [0.2, 0.25) is 0 Å². The molecule has 0 amide bonds. The lowest BCUT2D eigenvalue weighted by atomic mass is 9.75. The number of ether oxygens (including phenoxy) is 3. The maximum Gasteiger partial charge on any atom is 0.543 e. The molecule has 0 heterocycles. The molecule has 1 aromatic carbocycles. The zero-order valence-corrected chi connectivity index (χ0v) is 16.9. The van der Waals surface area contributed by atoms with E-state index >= 15 is 0 Å². The zero-order valence-electron chi connectivity index (χ0n) is 16.9.